The van der Waals surface area contributed by atoms with Crippen molar-refractivity contribution in [1.29, 1.82) is 0 Å². The van der Waals surface area contributed by atoms with Crippen molar-refractivity contribution in [2.75, 3.05) is 6.61 Å². The zero-order chi connectivity index (χ0) is 18.1. The van der Waals surface area contributed by atoms with Gasteiger partial charge in [0.1, 0.15) is 0 Å². The summed E-state index contributed by atoms with van der Waals surface area (Å²) >= 11 is 54.3. The van der Waals surface area contributed by atoms with Crippen LogP contribution in [-0.4, -0.2) is 19.1 Å². The molecule has 0 saturated heterocycles. The highest BCUT2D eigenvalue weighted by Crippen LogP contribution is 2.65. The van der Waals surface area contributed by atoms with E-state index >= 15 is 0 Å². The molecule has 0 atom stereocenters. The summed E-state index contributed by atoms with van der Waals surface area (Å²) in [4.78, 5) is 0. The molecule has 0 saturated carbocycles. The Morgan fingerprint density at radius 2 is 1.22 bits per heavy atom. The Morgan fingerprint density at radius 1 is 0.739 bits per heavy atom. The van der Waals surface area contributed by atoms with Crippen LogP contribution in [0.5, 0.6) is 0 Å². The van der Waals surface area contributed by atoms with Crippen LogP contribution in [0.3, 0.4) is 0 Å². The van der Waals surface area contributed by atoms with Crippen molar-refractivity contribution in [2.45, 2.75) is 29.6 Å². The summed E-state index contributed by atoms with van der Waals surface area (Å²) < 4.78 is -8.84. The molecule has 1 nitrogen and oxygen atoms in total. The van der Waals surface area contributed by atoms with Gasteiger partial charge in [0, 0.05) is 0 Å². The number of benzene rings is 1. The van der Waals surface area contributed by atoms with Crippen molar-refractivity contribution < 1.29 is 5.11 Å². The van der Waals surface area contributed by atoms with E-state index in [1.807, 2.05) is 0 Å². The molecule has 1 radical (unpaired) electrons. The predicted molar refractivity (Wildman–Crippen MR) is 103 cm³/mol. The van der Waals surface area contributed by atoms with E-state index in [1.54, 1.807) is 24.3 Å². The van der Waals surface area contributed by atoms with Gasteiger partial charge in [0.2, 0.25) is 8.13 Å². The van der Waals surface area contributed by atoms with Crippen molar-refractivity contribution in [2.24, 2.45) is 0 Å². The van der Waals surface area contributed by atoms with E-state index in [0.717, 1.165) is 5.56 Å². The lowest BCUT2D eigenvalue weighted by molar-refractivity contribution is 0.189. The summed E-state index contributed by atoms with van der Waals surface area (Å²) in [6, 6.07) is 6.63. The van der Waals surface area contributed by atoms with Gasteiger partial charge in [-0.25, -0.2) is 5.11 Å². The Kier molecular flexibility index (Phi) is 8.15. The van der Waals surface area contributed by atoms with E-state index in [4.69, 9.17) is 104 Å². The molecule has 0 N–H and O–H groups in total. The first kappa shape index (κ1) is 22.8. The molecule has 0 fully saturated rings. The minimum atomic E-state index is -2.32. The highest BCUT2D eigenvalue weighted by molar-refractivity contribution is 6.80. The van der Waals surface area contributed by atoms with Crippen LogP contribution in [0.25, 0.3) is 0 Å². The Bertz CT molecular complexity index is 519. The Morgan fingerprint density at radius 3 is 1.61 bits per heavy atom. The van der Waals surface area contributed by atoms with Crippen LogP contribution in [0.15, 0.2) is 24.3 Å². The maximum Gasteiger partial charge on any atom is 0.226 e. The van der Waals surface area contributed by atoms with Gasteiger partial charge >= 0.3 is 0 Å². The second-order valence-corrected chi connectivity index (χ2v) is 11.0. The Labute approximate surface area is 180 Å². The molecule has 0 amide bonds. The second kappa shape index (κ2) is 8.21. The van der Waals surface area contributed by atoms with E-state index in [1.165, 1.54) is 0 Å². The lowest BCUT2D eigenvalue weighted by Gasteiger charge is -2.44. The van der Waals surface area contributed by atoms with Crippen LogP contribution >= 0.6 is 104 Å². The summed E-state index contributed by atoms with van der Waals surface area (Å²) in [7, 11) is 0. The molecule has 0 aromatic heterocycles. The molecule has 23 heavy (non-hydrogen) atoms. The normalized spacial score (nSPS) is 14.2. The molecule has 0 bridgehead atoms. The molecule has 1 aromatic rings. The molecule has 0 heterocycles. The monoisotopic (exact) mass is 497 g/mol. The summed E-state index contributed by atoms with van der Waals surface area (Å²) in [5, 5.41) is 10.5. The van der Waals surface area contributed by atoms with Crippen LogP contribution < -0.4 is 0 Å². The summed E-state index contributed by atoms with van der Waals surface area (Å²) in [6.45, 7) is -0.159. The summed E-state index contributed by atoms with van der Waals surface area (Å²) in [5.41, 5.74) is 1.23. The van der Waals surface area contributed by atoms with Gasteiger partial charge in [-0.05, 0) is 24.0 Å². The van der Waals surface area contributed by atoms with Gasteiger partial charge in [0.15, 0.2) is 8.67 Å². The number of hydrogen-bond donors (Lipinski definition) is 0. The van der Waals surface area contributed by atoms with E-state index < -0.39 is 16.8 Å². The molecule has 0 spiro atoms. The highest BCUT2D eigenvalue weighted by Gasteiger charge is 2.68. The van der Waals surface area contributed by atoms with Crippen molar-refractivity contribution in [1.82, 2.24) is 0 Å². The zero-order valence-corrected chi connectivity index (χ0v) is 18.0. The van der Waals surface area contributed by atoms with Gasteiger partial charge in [0.25, 0.3) is 0 Å². The van der Waals surface area contributed by atoms with E-state index in [-0.39, 0.29) is 6.61 Å². The van der Waals surface area contributed by atoms with Gasteiger partial charge in [-0.3, -0.25) is 0 Å². The fourth-order valence-electron chi connectivity index (χ4n) is 1.71. The number of rotatable bonds is 6. The van der Waals surface area contributed by atoms with Crippen LogP contribution in [0.2, 0.25) is 0 Å². The molecule has 0 aliphatic carbocycles. The predicted octanol–water partition coefficient (Wildman–Crippen LogP) is 7.40. The fourth-order valence-corrected chi connectivity index (χ4v) is 3.94. The van der Waals surface area contributed by atoms with E-state index in [0.29, 0.717) is 18.4 Å². The fraction of sp³-hybridized carbons (Fsp3) is 0.538. The van der Waals surface area contributed by atoms with Crippen LogP contribution in [0, 0.1) is 0 Å². The smallest absolute Gasteiger partial charge is 0.226 e. The van der Waals surface area contributed by atoms with Gasteiger partial charge < -0.3 is 0 Å². The maximum absolute atomic E-state index is 10.5. The molecule has 1 aromatic carbocycles. The molecule has 131 valence electrons. The lowest BCUT2D eigenvalue weighted by atomic mass is 10.0. The Balaban J connectivity index is 3.19. The first-order valence-electron chi connectivity index (χ1n) is 6.16. The average Bonchev–Trinajstić information content (AvgIpc) is 2.44. The zero-order valence-electron chi connectivity index (χ0n) is 11.2. The van der Waals surface area contributed by atoms with Gasteiger partial charge in [0.05, 0.1) is 6.61 Å². The summed E-state index contributed by atoms with van der Waals surface area (Å²) in [6.07, 6.45) is 1.14. The maximum atomic E-state index is 10.5. The third-order valence-electron chi connectivity index (χ3n) is 3.07. The molecular weight excluding hydrogens is 491 g/mol. The minimum absolute atomic E-state index is 0.159. The SMILES string of the molecule is [O]CCCc1ccc(C(Cl)(Cl)C(Cl)(Cl)C(Cl)(Cl)C(Cl)(Cl)Cl)cc1. The second-order valence-electron chi connectivity index (χ2n) is 4.73. The summed E-state index contributed by atoms with van der Waals surface area (Å²) in [5.74, 6) is 0. The van der Waals surface area contributed by atoms with E-state index in [9.17, 15) is 5.11 Å². The molecule has 10 heteroatoms. The van der Waals surface area contributed by atoms with Crippen molar-refractivity contribution in [3.8, 4) is 0 Å². The van der Waals surface area contributed by atoms with Gasteiger partial charge in [-0.1, -0.05) is 129 Å². The topological polar surface area (TPSA) is 19.9 Å². The van der Waals surface area contributed by atoms with Crippen molar-refractivity contribution >= 4 is 104 Å². The third kappa shape index (κ3) is 4.75. The van der Waals surface area contributed by atoms with Crippen LogP contribution in [0.1, 0.15) is 17.5 Å². The van der Waals surface area contributed by atoms with Crippen molar-refractivity contribution in [3.05, 3.63) is 35.4 Å². The average molecular weight is 501 g/mol. The molecule has 0 aliphatic heterocycles. The third-order valence-corrected chi connectivity index (χ3v) is 8.55. The molecular formula is C13H10Cl9O. The van der Waals surface area contributed by atoms with Gasteiger partial charge in [-0.15, -0.1) is 0 Å². The molecule has 0 unspecified atom stereocenters. The lowest BCUT2D eigenvalue weighted by Crippen LogP contribution is -2.54. The van der Waals surface area contributed by atoms with Crippen molar-refractivity contribution in [3.63, 3.8) is 0 Å². The highest BCUT2D eigenvalue weighted by atomic mass is 35.6. The van der Waals surface area contributed by atoms with Crippen LogP contribution in [-0.2, 0) is 15.9 Å². The minimum Gasteiger partial charge on any atom is -0.237 e. The van der Waals surface area contributed by atoms with E-state index in [2.05, 4.69) is 0 Å². The molecule has 0 aliphatic rings. The number of aryl methyl sites for hydroxylation is 1. The first-order valence-corrected chi connectivity index (χ1v) is 9.57. The quantitative estimate of drug-likeness (QED) is 0.362. The largest absolute Gasteiger partial charge is 0.237 e. The standard InChI is InChI=1S/C13H10Cl9O/c14-10(15,11(16,17)12(18,19)13(20,21)22)9-5-3-8(4-6-9)2-1-7-23/h3-6H,1-2,7H2. The Hall–Kier alpha value is 1.79. The first-order chi connectivity index (χ1) is 10.3. The number of halogens is 9. The van der Waals surface area contributed by atoms with Crippen LogP contribution in [0.4, 0.5) is 0 Å². The van der Waals surface area contributed by atoms with Gasteiger partial charge in [-0.2, -0.15) is 0 Å². The number of alkyl halides is 9. The number of hydrogen-bond acceptors (Lipinski definition) is 0. The molecule has 1 rings (SSSR count).